The Labute approximate surface area is 195 Å². The molecule has 2 amide bonds. The van der Waals surface area contributed by atoms with Gasteiger partial charge in [-0.25, -0.2) is 0 Å². The minimum atomic E-state index is -0.0188. The van der Waals surface area contributed by atoms with Crippen LogP contribution in [0.25, 0.3) is 5.69 Å². The number of nitrogens with zero attached hydrogens (tertiary/aromatic N) is 3. The maximum Gasteiger partial charge on any atom is 0.253 e. The number of piperazine rings is 1. The number of rotatable bonds is 5. The van der Waals surface area contributed by atoms with Crippen molar-refractivity contribution in [3.8, 4) is 5.69 Å². The van der Waals surface area contributed by atoms with E-state index in [1.807, 2.05) is 61.2 Å². The maximum absolute atomic E-state index is 13.0. The first kappa shape index (κ1) is 22.8. The second-order valence-electron chi connectivity index (χ2n) is 8.86. The molecule has 2 aromatic carbocycles. The Balaban J connectivity index is 1.31. The van der Waals surface area contributed by atoms with E-state index in [2.05, 4.69) is 40.8 Å². The first-order valence-corrected chi connectivity index (χ1v) is 11.5. The normalized spacial score (nSPS) is 14.4. The van der Waals surface area contributed by atoms with E-state index in [0.717, 1.165) is 22.5 Å². The van der Waals surface area contributed by atoms with E-state index in [-0.39, 0.29) is 11.8 Å². The van der Waals surface area contributed by atoms with Crippen molar-refractivity contribution in [1.29, 1.82) is 0 Å². The molecule has 0 spiro atoms. The first-order chi connectivity index (χ1) is 15.8. The molecule has 4 rings (SSSR count). The fourth-order valence-electron chi connectivity index (χ4n) is 4.40. The van der Waals surface area contributed by atoms with Gasteiger partial charge in [0.05, 0.1) is 6.54 Å². The Hall–Kier alpha value is -3.38. The lowest BCUT2D eigenvalue weighted by molar-refractivity contribution is -0.117. The van der Waals surface area contributed by atoms with Gasteiger partial charge in [-0.2, -0.15) is 0 Å². The van der Waals surface area contributed by atoms with E-state index in [9.17, 15) is 9.59 Å². The van der Waals surface area contributed by atoms with Gasteiger partial charge in [-0.15, -0.1) is 0 Å². The molecule has 1 saturated heterocycles. The van der Waals surface area contributed by atoms with Crippen LogP contribution in [0.1, 0.15) is 32.9 Å². The highest BCUT2D eigenvalue weighted by atomic mass is 16.2. The molecule has 6 heteroatoms. The molecule has 1 aliphatic heterocycles. The molecule has 1 aromatic heterocycles. The second kappa shape index (κ2) is 9.63. The minimum Gasteiger partial charge on any atom is -0.336 e. The van der Waals surface area contributed by atoms with Crippen molar-refractivity contribution >= 4 is 17.5 Å². The Morgan fingerprint density at radius 3 is 2.09 bits per heavy atom. The molecule has 6 nitrogen and oxygen atoms in total. The zero-order chi connectivity index (χ0) is 23.5. The lowest BCUT2D eigenvalue weighted by Crippen LogP contribution is -2.50. The number of anilines is 1. The summed E-state index contributed by atoms with van der Waals surface area (Å²) in [6.45, 7) is 11.2. The predicted molar refractivity (Wildman–Crippen MR) is 132 cm³/mol. The number of carbonyl (C=O) groups excluding carboxylic acids is 2. The molecule has 0 unspecified atom stereocenters. The van der Waals surface area contributed by atoms with E-state index < -0.39 is 0 Å². The molecular formula is C27H32N4O2. The third-order valence-corrected chi connectivity index (χ3v) is 6.55. The van der Waals surface area contributed by atoms with Crippen LogP contribution in [-0.2, 0) is 4.79 Å². The van der Waals surface area contributed by atoms with Gasteiger partial charge in [0.25, 0.3) is 5.91 Å². The fraction of sp³-hybridized carbons (Fsp3) is 0.333. The Bertz CT molecular complexity index is 1140. The van der Waals surface area contributed by atoms with E-state index in [1.54, 1.807) is 0 Å². The van der Waals surface area contributed by atoms with Crippen molar-refractivity contribution in [2.45, 2.75) is 27.7 Å². The summed E-state index contributed by atoms with van der Waals surface area (Å²) < 4.78 is 2.18. The standard InChI is InChI=1S/C27H32N4O2/c1-19-6-5-7-25(22(19)4)28-26(32)18-29-14-16-30(17-15-29)27(33)23-10-12-24(13-11-23)31-20(2)8-9-21(31)3/h5-13H,14-18H2,1-4H3,(H,28,32). The van der Waals surface area contributed by atoms with Crippen LogP contribution >= 0.6 is 0 Å². The van der Waals surface area contributed by atoms with Crippen molar-refractivity contribution in [3.63, 3.8) is 0 Å². The third kappa shape index (κ3) is 5.01. The van der Waals surface area contributed by atoms with Crippen LogP contribution in [0.5, 0.6) is 0 Å². The molecule has 33 heavy (non-hydrogen) atoms. The van der Waals surface area contributed by atoms with Crippen molar-refractivity contribution in [3.05, 3.63) is 82.7 Å². The summed E-state index contributed by atoms with van der Waals surface area (Å²) in [4.78, 5) is 29.5. The van der Waals surface area contributed by atoms with Crippen LogP contribution in [0, 0.1) is 27.7 Å². The molecule has 1 aliphatic rings. The van der Waals surface area contributed by atoms with Gasteiger partial charge in [0.1, 0.15) is 0 Å². The van der Waals surface area contributed by atoms with E-state index in [1.165, 1.54) is 11.4 Å². The molecule has 172 valence electrons. The molecule has 3 aromatic rings. The molecule has 2 heterocycles. The molecule has 0 radical (unpaired) electrons. The highest BCUT2D eigenvalue weighted by Crippen LogP contribution is 2.19. The maximum atomic E-state index is 13.0. The Morgan fingerprint density at radius 2 is 1.45 bits per heavy atom. The molecule has 0 saturated carbocycles. The van der Waals surface area contributed by atoms with Gasteiger partial charge in [0.2, 0.25) is 5.91 Å². The highest BCUT2D eigenvalue weighted by molar-refractivity contribution is 5.95. The van der Waals surface area contributed by atoms with Crippen molar-refractivity contribution in [1.82, 2.24) is 14.4 Å². The van der Waals surface area contributed by atoms with Crippen LogP contribution in [0.4, 0.5) is 5.69 Å². The van der Waals surface area contributed by atoms with Crippen LogP contribution in [-0.4, -0.2) is 58.9 Å². The van der Waals surface area contributed by atoms with Crippen molar-refractivity contribution < 1.29 is 9.59 Å². The molecule has 0 atom stereocenters. The molecule has 1 fully saturated rings. The summed E-state index contributed by atoms with van der Waals surface area (Å²) in [5.41, 5.74) is 7.21. The summed E-state index contributed by atoms with van der Waals surface area (Å²) in [6.07, 6.45) is 0. The lowest BCUT2D eigenvalue weighted by Gasteiger charge is -2.34. The number of hydrogen-bond donors (Lipinski definition) is 1. The summed E-state index contributed by atoms with van der Waals surface area (Å²) in [5.74, 6) is 0.0247. The van der Waals surface area contributed by atoms with E-state index in [0.29, 0.717) is 38.3 Å². The smallest absolute Gasteiger partial charge is 0.253 e. The monoisotopic (exact) mass is 444 g/mol. The number of hydrogen-bond acceptors (Lipinski definition) is 3. The molecular weight excluding hydrogens is 412 g/mol. The average Bonchev–Trinajstić information content (AvgIpc) is 3.15. The third-order valence-electron chi connectivity index (χ3n) is 6.55. The number of aromatic nitrogens is 1. The van der Waals surface area contributed by atoms with Gasteiger partial charge in [0, 0.05) is 54.5 Å². The number of aryl methyl sites for hydroxylation is 3. The Morgan fingerprint density at radius 1 is 0.818 bits per heavy atom. The predicted octanol–water partition coefficient (Wildman–Crippen LogP) is 4.11. The van der Waals surface area contributed by atoms with Crippen LogP contribution in [0.15, 0.2) is 54.6 Å². The summed E-state index contributed by atoms with van der Waals surface area (Å²) in [7, 11) is 0. The van der Waals surface area contributed by atoms with E-state index in [4.69, 9.17) is 0 Å². The van der Waals surface area contributed by atoms with Gasteiger partial charge < -0.3 is 14.8 Å². The number of carbonyl (C=O) groups is 2. The molecule has 1 N–H and O–H groups in total. The van der Waals surface area contributed by atoms with Crippen LogP contribution in [0.2, 0.25) is 0 Å². The fourth-order valence-corrected chi connectivity index (χ4v) is 4.40. The number of amides is 2. The van der Waals surface area contributed by atoms with Gasteiger partial charge >= 0.3 is 0 Å². The largest absolute Gasteiger partial charge is 0.336 e. The van der Waals surface area contributed by atoms with Gasteiger partial charge in [-0.3, -0.25) is 14.5 Å². The summed E-state index contributed by atoms with van der Waals surface area (Å²) in [6, 6.07) is 17.9. The van der Waals surface area contributed by atoms with Crippen molar-refractivity contribution in [2.75, 3.05) is 38.0 Å². The minimum absolute atomic E-state index is 0.0188. The van der Waals surface area contributed by atoms with Crippen LogP contribution < -0.4 is 5.32 Å². The van der Waals surface area contributed by atoms with Gasteiger partial charge in [-0.1, -0.05) is 12.1 Å². The average molecular weight is 445 g/mol. The topological polar surface area (TPSA) is 57.6 Å². The summed E-state index contributed by atoms with van der Waals surface area (Å²) in [5, 5.41) is 3.02. The first-order valence-electron chi connectivity index (χ1n) is 11.5. The zero-order valence-corrected chi connectivity index (χ0v) is 19.9. The van der Waals surface area contributed by atoms with Gasteiger partial charge in [-0.05, 0) is 81.3 Å². The van der Waals surface area contributed by atoms with Crippen LogP contribution in [0.3, 0.4) is 0 Å². The quantitative estimate of drug-likeness (QED) is 0.644. The zero-order valence-electron chi connectivity index (χ0n) is 19.9. The Kier molecular flexibility index (Phi) is 6.65. The van der Waals surface area contributed by atoms with Gasteiger partial charge in [0.15, 0.2) is 0 Å². The summed E-state index contributed by atoms with van der Waals surface area (Å²) >= 11 is 0. The number of nitrogens with one attached hydrogen (secondary N) is 1. The van der Waals surface area contributed by atoms with Crippen molar-refractivity contribution in [2.24, 2.45) is 0 Å². The lowest BCUT2D eigenvalue weighted by atomic mass is 10.1. The second-order valence-corrected chi connectivity index (χ2v) is 8.86. The number of benzene rings is 2. The molecule has 0 aliphatic carbocycles. The SMILES string of the molecule is Cc1cccc(NC(=O)CN2CCN(C(=O)c3ccc(-n4c(C)ccc4C)cc3)CC2)c1C. The van der Waals surface area contributed by atoms with E-state index >= 15 is 0 Å². The highest BCUT2D eigenvalue weighted by Gasteiger charge is 2.23. The molecule has 0 bridgehead atoms.